The number of nitrogens with one attached hydrogen (secondary N) is 2. The number of ether oxygens (including phenoxy) is 2. The Hall–Kier alpha value is -3.69. The van der Waals surface area contributed by atoms with Gasteiger partial charge in [-0.15, -0.1) is 0 Å². The Kier molecular flexibility index (Phi) is 4.95. The van der Waals surface area contributed by atoms with Gasteiger partial charge in [0.15, 0.2) is 23.2 Å². The van der Waals surface area contributed by atoms with Crippen molar-refractivity contribution in [2.24, 2.45) is 0 Å². The molecule has 3 aromatic rings. The van der Waals surface area contributed by atoms with Crippen molar-refractivity contribution in [1.82, 2.24) is 9.78 Å². The maximum absolute atomic E-state index is 13.9. The summed E-state index contributed by atoms with van der Waals surface area (Å²) in [7, 11) is 0. The third-order valence-electron chi connectivity index (χ3n) is 6.07. The normalized spacial score (nSPS) is 19.1. The Morgan fingerprint density at radius 1 is 1.15 bits per heavy atom. The molecule has 0 fully saturated rings. The summed E-state index contributed by atoms with van der Waals surface area (Å²) < 4.78 is 53.3. The quantitative estimate of drug-likeness (QED) is 0.568. The van der Waals surface area contributed by atoms with Crippen LogP contribution < -0.4 is 20.1 Å². The number of nitrogens with zero attached hydrogens (tertiary/aromatic N) is 2. The summed E-state index contributed by atoms with van der Waals surface area (Å²) >= 11 is 0. The van der Waals surface area contributed by atoms with Gasteiger partial charge in [-0.2, -0.15) is 18.3 Å². The fourth-order valence-corrected chi connectivity index (χ4v) is 4.11. The van der Waals surface area contributed by atoms with E-state index in [1.807, 2.05) is 19.9 Å². The lowest BCUT2D eigenvalue weighted by atomic mass is 9.96. The molecule has 0 bridgehead atoms. The number of aryl methyl sites for hydroxylation is 1. The van der Waals surface area contributed by atoms with Crippen LogP contribution in [0.1, 0.15) is 45.7 Å². The average molecular weight is 458 g/mol. The highest BCUT2D eigenvalue weighted by molar-refractivity contribution is 6.03. The zero-order chi connectivity index (χ0) is 23.3. The van der Waals surface area contributed by atoms with E-state index in [2.05, 4.69) is 15.7 Å². The van der Waals surface area contributed by atoms with Crippen molar-refractivity contribution in [1.29, 1.82) is 0 Å². The van der Waals surface area contributed by atoms with E-state index >= 15 is 0 Å². The van der Waals surface area contributed by atoms with Crippen molar-refractivity contribution < 1.29 is 27.4 Å². The molecule has 0 aliphatic carbocycles. The highest BCUT2D eigenvalue weighted by Gasteiger charge is 2.47. The molecular weight excluding hydrogens is 437 g/mol. The van der Waals surface area contributed by atoms with Crippen molar-refractivity contribution >= 4 is 17.4 Å². The van der Waals surface area contributed by atoms with Crippen molar-refractivity contribution in [3.8, 4) is 11.5 Å². The second kappa shape index (κ2) is 7.72. The van der Waals surface area contributed by atoms with Crippen molar-refractivity contribution in [2.45, 2.75) is 38.5 Å². The van der Waals surface area contributed by atoms with Crippen molar-refractivity contribution in [2.75, 3.05) is 17.4 Å². The molecule has 0 spiro atoms. The SMILES string of the molecule is Cc1cccc(NC(=O)c2cc3n(n2)[C@@H](C(F)(F)F)C[C@H](c2ccc4c(c2)OCO4)N3)c1C. The molecule has 2 aliphatic rings. The second-order valence-corrected chi connectivity index (χ2v) is 8.16. The van der Waals surface area contributed by atoms with E-state index in [4.69, 9.17) is 9.47 Å². The predicted molar refractivity (Wildman–Crippen MR) is 115 cm³/mol. The van der Waals surface area contributed by atoms with Crippen LogP contribution in [-0.2, 0) is 0 Å². The standard InChI is InChI=1S/C23H21F3N4O3/c1-12-4-3-5-15(13(12)2)28-22(31)17-10-21-27-16(9-20(23(24,25)26)30(21)29-17)14-6-7-18-19(8-14)33-11-32-18/h3-8,10,16,20,27H,9,11H2,1-2H3,(H,28,31)/t16-,20-/m1/s1. The molecule has 0 saturated carbocycles. The number of halogens is 3. The van der Waals surface area contributed by atoms with E-state index < -0.39 is 24.2 Å². The van der Waals surface area contributed by atoms with Gasteiger partial charge < -0.3 is 20.1 Å². The number of carbonyl (C=O) groups is 1. The fourth-order valence-electron chi connectivity index (χ4n) is 4.11. The van der Waals surface area contributed by atoms with Gasteiger partial charge in [-0.25, -0.2) is 4.68 Å². The Morgan fingerprint density at radius 3 is 2.73 bits per heavy atom. The maximum Gasteiger partial charge on any atom is 0.410 e. The minimum atomic E-state index is -4.54. The van der Waals surface area contributed by atoms with E-state index in [0.29, 0.717) is 22.7 Å². The lowest BCUT2D eigenvalue weighted by molar-refractivity contribution is -0.173. The smallest absolute Gasteiger partial charge is 0.410 e. The summed E-state index contributed by atoms with van der Waals surface area (Å²) in [4.78, 5) is 12.8. The number of carbonyl (C=O) groups excluding carboxylic acids is 1. The first-order valence-electron chi connectivity index (χ1n) is 10.4. The zero-order valence-corrected chi connectivity index (χ0v) is 17.9. The van der Waals surface area contributed by atoms with Gasteiger partial charge in [-0.05, 0) is 48.7 Å². The minimum absolute atomic E-state index is 0.0771. The van der Waals surface area contributed by atoms with Gasteiger partial charge in [0, 0.05) is 18.2 Å². The first kappa shape index (κ1) is 21.2. The van der Waals surface area contributed by atoms with Crippen LogP contribution in [0.5, 0.6) is 11.5 Å². The molecule has 5 rings (SSSR count). The molecule has 7 nitrogen and oxygen atoms in total. The maximum atomic E-state index is 13.9. The molecule has 0 saturated heterocycles. The molecule has 2 atom stereocenters. The van der Waals surface area contributed by atoms with Crippen LogP contribution in [0.3, 0.4) is 0 Å². The molecule has 33 heavy (non-hydrogen) atoms. The average Bonchev–Trinajstić information content (AvgIpc) is 3.41. The summed E-state index contributed by atoms with van der Waals surface area (Å²) in [6, 6.07) is 9.32. The molecule has 1 aromatic heterocycles. The van der Waals surface area contributed by atoms with Gasteiger partial charge in [0.1, 0.15) is 5.82 Å². The van der Waals surface area contributed by atoms with E-state index in [1.165, 1.54) is 6.07 Å². The number of rotatable bonds is 3. The van der Waals surface area contributed by atoms with E-state index in [9.17, 15) is 18.0 Å². The molecule has 0 radical (unpaired) electrons. The number of hydrogen-bond acceptors (Lipinski definition) is 5. The van der Waals surface area contributed by atoms with Gasteiger partial charge in [0.05, 0.1) is 6.04 Å². The lowest BCUT2D eigenvalue weighted by Gasteiger charge is -2.33. The minimum Gasteiger partial charge on any atom is -0.454 e. The first-order chi connectivity index (χ1) is 15.7. The van der Waals surface area contributed by atoms with Crippen LogP contribution in [0, 0.1) is 13.8 Å². The summed E-state index contributed by atoms with van der Waals surface area (Å²) in [6.45, 7) is 3.85. The first-order valence-corrected chi connectivity index (χ1v) is 10.4. The van der Waals surface area contributed by atoms with Crippen molar-refractivity contribution in [3.05, 3.63) is 64.8 Å². The van der Waals surface area contributed by atoms with Crippen LogP contribution in [0.2, 0.25) is 0 Å². The summed E-state index contributed by atoms with van der Waals surface area (Å²) in [5, 5.41) is 9.85. The fraction of sp³-hybridized carbons (Fsp3) is 0.304. The van der Waals surface area contributed by atoms with E-state index in [0.717, 1.165) is 15.8 Å². The molecule has 2 aromatic carbocycles. The number of anilines is 2. The van der Waals surface area contributed by atoms with Crippen molar-refractivity contribution in [3.63, 3.8) is 0 Å². The van der Waals surface area contributed by atoms with E-state index in [-0.39, 0.29) is 24.7 Å². The Balaban J connectivity index is 1.45. The Morgan fingerprint density at radius 2 is 1.94 bits per heavy atom. The summed E-state index contributed by atoms with van der Waals surface area (Å²) in [5.74, 6) is 0.591. The largest absolute Gasteiger partial charge is 0.454 e. The molecule has 10 heteroatoms. The highest BCUT2D eigenvalue weighted by atomic mass is 19.4. The van der Waals surface area contributed by atoms with Gasteiger partial charge in [-0.1, -0.05) is 18.2 Å². The number of alkyl halides is 3. The number of hydrogen-bond donors (Lipinski definition) is 2. The zero-order valence-electron chi connectivity index (χ0n) is 17.9. The molecule has 0 unspecified atom stereocenters. The lowest BCUT2D eigenvalue weighted by Crippen LogP contribution is -2.35. The third-order valence-corrected chi connectivity index (χ3v) is 6.07. The van der Waals surface area contributed by atoms with Crippen LogP contribution >= 0.6 is 0 Å². The number of fused-ring (bicyclic) bond motifs is 2. The molecule has 3 heterocycles. The number of aromatic nitrogens is 2. The van der Waals surface area contributed by atoms with Crippen LogP contribution in [-0.4, -0.2) is 28.7 Å². The third kappa shape index (κ3) is 3.85. The highest BCUT2D eigenvalue weighted by Crippen LogP contribution is 2.45. The van der Waals surface area contributed by atoms with Gasteiger partial charge in [-0.3, -0.25) is 4.79 Å². The predicted octanol–water partition coefficient (Wildman–Crippen LogP) is 5.14. The van der Waals surface area contributed by atoms with Crippen LogP contribution in [0.15, 0.2) is 42.5 Å². The Labute approximate surface area is 187 Å². The van der Waals surface area contributed by atoms with E-state index in [1.54, 1.807) is 30.3 Å². The summed E-state index contributed by atoms with van der Waals surface area (Å²) in [5.41, 5.74) is 2.98. The topological polar surface area (TPSA) is 77.4 Å². The van der Waals surface area contributed by atoms with Crippen LogP contribution in [0.25, 0.3) is 0 Å². The summed E-state index contributed by atoms with van der Waals surface area (Å²) in [6.07, 6.45) is -4.83. The molecular formula is C23H21F3N4O3. The number of amides is 1. The second-order valence-electron chi connectivity index (χ2n) is 8.16. The molecule has 1 amide bonds. The molecule has 172 valence electrons. The van der Waals surface area contributed by atoms with Gasteiger partial charge >= 0.3 is 6.18 Å². The monoisotopic (exact) mass is 458 g/mol. The number of benzene rings is 2. The van der Waals surface area contributed by atoms with Gasteiger partial charge in [0.2, 0.25) is 6.79 Å². The van der Waals surface area contributed by atoms with Crippen LogP contribution in [0.4, 0.5) is 24.7 Å². The van der Waals surface area contributed by atoms with Gasteiger partial charge in [0.25, 0.3) is 5.91 Å². The molecule has 2 N–H and O–H groups in total. The Bertz CT molecular complexity index is 1240. The molecule has 2 aliphatic heterocycles.